The van der Waals surface area contributed by atoms with Crippen molar-refractivity contribution in [1.29, 1.82) is 0 Å². The fourth-order valence-electron chi connectivity index (χ4n) is 1.38. The molecule has 0 aliphatic heterocycles. The molecule has 0 N–H and O–H groups in total. The van der Waals surface area contributed by atoms with E-state index in [9.17, 15) is 4.79 Å². The maximum atomic E-state index is 10.9. The maximum absolute atomic E-state index is 10.9. The van der Waals surface area contributed by atoms with E-state index in [1.54, 1.807) is 19.1 Å². The van der Waals surface area contributed by atoms with Crippen molar-refractivity contribution in [3.63, 3.8) is 0 Å². The number of rotatable bonds is 3. The molecule has 0 aliphatic rings. The molecule has 4 heteroatoms. The number of carbonyl (C=O) groups excluding carboxylic acids is 1. The van der Waals surface area contributed by atoms with Crippen LogP contribution in [0.25, 0.3) is 0 Å². The number of aryl methyl sites for hydroxylation is 1. The second-order valence-electron chi connectivity index (χ2n) is 3.44. The van der Waals surface area contributed by atoms with E-state index in [0.29, 0.717) is 6.54 Å². The highest BCUT2D eigenvalue weighted by molar-refractivity contribution is 7.96. The van der Waals surface area contributed by atoms with Crippen molar-refractivity contribution < 1.29 is 9.53 Å². The van der Waals surface area contributed by atoms with Crippen LogP contribution in [0.1, 0.15) is 11.1 Å². The summed E-state index contributed by atoms with van der Waals surface area (Å²) >= 11 is 3.75. The molecule has 1 rings (SSSR count). The summed E-state index contributed by atoms with van der Waals surface area (Å²) in [5, 5.41) is -0.233. The van der Waals surface area contributed by atoms with Gasteiger partial charge in [0, 0.05) is 13.6 Å². The van der Waals surface area contributed by atoms with E-state index < -0.39 is 0 Å². The highest BCUT2D eigenvalue weighted by Gasteiger charge is 2.05. The minimum atomic E-state index is -0.233. The van der Waals surface area contributed by atoms with Crippen LogP contribution in [0.15, 0.2) is 18.2 Å². The Morgan fingerprint density at radius 2 is 2.20 bits per heavy atom. The Morgan fingerprint density at radius 1 is 1.53 bits per heavy atom. The third-order valence-electron chi connectivity index (χ3n) is 2.21. The molecule has 0 aromatic heterocycles. The molecule has 0 saturated carbocycles. The minimum absolute atomic E-state index is 0.233. The number of hydrogen-bond acceptors (Lipinski definition) is 2. The molecule has 0 atom stereocenters. The van der Waals surface area contributed by atoms with Gasteiger partial charge in [0.05, 0.1) is 7.11 Å². The summed E-state index contributed by atoms with van der Waals surface area (Å²) in [4.78, 5) is 12.5. The largest absolute Gasteiger partial charge is 0.496 e. The van der Waals surface area contributed by atoms with Crippen LogP contribution in [0.2, 0.25) is 0 Å². The molecule has 0 radical (unpaired) electrons. The van der Waals surface area contributed by atoms with Gasteiger partial charge >= 0.3 is 0 Å². The third kappa shape index (κ3) is 3.16. The van der Waals surface area contributed by atoms with Gasteiger partial charge < -0.3 is 9.64 Å². The summed E-state index contributed by atoms with van der Waals surface area (Å²) in [7, 11) is 3.36. The molecule has 1 amide bonds. The molecular weight excluding hydrogens is 210 g/mol. The average Bonchev–Trinajstić information content (AvgIpc) is 2.18. The van der Waals surface area contributed by atoms with E-state index in [1.165, 1.54) is 0 Å². The number of hydrogen-bond donors (Lipinski definition) is 1. The number of benzene rings is 1. The molecule has 15 heavy (non-hydrogen) atoms. The van der Waals surface area contributed by atoms with Crippen LogP contribution in [0, 0.1) is 6.92 Å². The van der Waals surface area contributed by atoms with Gasteiger partial charge in [0.25, 0.3) is 5.24 Å². The highest BCUT2D eigenvalue weighted by Crippen LogP contribution is 2.19. The van der Waals surface area contributed by atoms with Crippen LogP contribution in [0.3, 0.4) is 0 Å². The van der Waals surface area contributed by atoms with Crippen LogP contribution in [0.4, 0.5) is 4.79 Å². The van der Waals surface area contributed by atoms with E-state index >= 15 is 0 Å². The molecule has 82 valence electrons. The van der Waals surface area contributed by atoms with Gasteiger partial charge in [-0.25, -0.2) is 0 Å². The fraction of sp³-hybridized carbons (Fsp3) is 0.364. The molecule has 0 fully saturated rings. The molecule has 1 aromatic carbocycles. The molecular formula is C11H15NO2S. The van der Waals surface area contributed by atoms with Gasteiger partial charge in [-0.3, -0.25) is 4.79 Å². The monoisotopic (exact) mass is 225 g/mol. The van der Waals surface area contributed by atoms with Crippen LogP contribution >= 0.6 is 12.6 Å². The number of ether oxygens (including phenoxy) is 1. The lowest BCUT2D eigenvalue weighted by molar-refractivity contribution is 0.232. The summed E-state index contributed by atoms with van der Waals surface area (Å²) in [6.07, 6.45) is 0. The standard InChI is InChI=1S/C11H15NO2S/c1-8-6-9(4-5-10(8)14-3)7-12(2)11(13)15/h4-6H,7H2,1-3H3,(H,13,15). The Labute approximate surface area is 95.4 Å². The lowest BCUT2D eigenvalue weighted by Crippen LogP contribution is -2.20. The van der Waals surface area contributed by atoms with Crippen molar-refractivity contribution >= 4 is 17.9 Å². The van der Waals surface area contributed by atoms with Crippen LogP contribution in [0.5, 0.6) is 5.75 Å². The van der Waals surface area contributed by atoms with Crippen molar-refractivity contribution in [1.82, 2.24) is 4.90 Å². The van der Waals surface area contributed by atoms with Crippen molar-refractivity contribution in [2.24, 2.45) is 0 Å². The molecule has 0 aliphatic carbocycles. The first-order chi connectivity index (χ1) is 7.04. The Morgan fingerprint density at radius 3 is 2.67 bits per heavy atom. The molecule has 3 nitrogen and oxygen atoms in total. The first-order valence-corrected chi connectivity index (χ1v) is 5.07. The summed E-state index contributed by atoms with van der Waals surface area (Å²) in [5.74, 6) is 0.860. The number of carbonyl (C=O) groups is 1. The lowest BCUT2D eigenvalue weighted by Gasteiger charge is -2.15. The Balaban J connectivity index is 2.79. The Kier molecular flexibility index (Phi) is 4.03. The lowest BCUT2D eigenvalue weighted by atomic mass is 10.1. The average molecular weight is 225 g/mol. The van der Waals surface area contributed by atoms with E-state index in [4.69, 9.17) is 4.74 Å². The summed E-state index contributed by atoms with van der Waals surface area (Å²) < 4.78 is 5.16. The van der Waals surface area contributed by atoms with Crippen molar-refractivity contribution in [3.8, 4) is 5.75 Å². The van der Waals surface area contributed by atoms with Crippen molar-refractivity contribution in [2.45, 2.75) is 13.5 Å². The second-order valence-corrected chi connectivity index (χ2v) is 3.83. The van der Waals surface area contributed by atoms with Gasteiger partial charge in [-0.15, -0.1) is 0 Å². The quantitative estimate of drug-likeness (QED) is 0.801. The van der Waals surface area contributed by atoms with Gasteiger partial charge in [-0.2, -0.15) is 0 Å². The summed E-state index contributed by atoms with van der Waals surface area (Å²) in [6, 6.07) is 5.85. The first-order valence-electron chi connectivity index (χ1n) is 4.62. The van der Waals surface area contributed by atoms with Gasteiger partial charge in [-0.1, -0.05) is 24.8 Å². The van der Waals surface area contributed by atoms with E-state index in [2.05, 4.69) is 12.6 Å². The number of methoxy groups -OCH3 is 1. The normalized spacial score (nSPS) is 9.87. The molecule has 1 aromatic rings. The molecule has 0 unspecified atom stereocenters. The number of thiol groups is 1. The summed E-state index contributed by atoms with van der Waals surface area (Å²) in [6.45, 7) is 2.54. The Hall–Kier alpha value is -1.16. The first kappa shape index (κ1) is 11.9. The SMILES string of the molecule is COc1ccc(CN(C)C(=O)S)cc1C. The van der Waals surface area contributed by atoms with E-state index in [0.717, 1.165) is 16.9 Å². The molecule has 0 bridgehead atoms. The van der Waals surface area contributed by atoms with Crippen molar-refractivity contribution in [3.05, 3.63) is 29.3 Å². The predicted octanol–water partition coefficient (Wildman–Crippen LogP) is 2.49. The zero-order chi connectivity index (χ0) is 11.4. The predicted molar refractivity (Wildman–Crippen MR) is 63.6 cm³/mol. The van der Waals surface area contributed by atoms with Gasteiger partial charge in [-0.05, 0) is 24.1 Å². The smallest absolute Gasteiger partial charge is 0.278 e. The minimum Gasteiger partial charge on any atom is -0.496 e. The maximum Gasteiger partial charge on any atom is 0.278 e. The zero-order valence-electron chi connectivity index (χ0n) is 9.15. The summed E-state index contributed by atoms with van der Waals surface area (Å²) in [5.41, 5.74) is 2.13. The number of amides is 1. The highest BCUT2D eigenvalue weighted by atomic mass is 32.1. The van der Waals surface area contributed by atoms with Gasteiger partial charge in [0.2, 0.25) is 0 Å². The van der Waals surface area contributed by atoms with Crippen LogP contribution < -0.4 is 4.74 Å². The van der Waals surface area contributed by atoms with Crippen LogP contribution in [-0.4, -0.2) is 24.3 Å². The van der Waals surface area contributed by atoms with Gasteiger partial charge in [0.15, 0.2) is 0 Å². The third-order valence-corrected chi connectivity index (χ3v) is 2.55. The van der Waals surface area contributed by atoms with Crippen molar-refractivity contribution in [2.75, 3.05) is 14.2 Å². The Bertz CT molecular complexity index is 366. The topological polar surface area (TPSA) is 29.5 Å². The van der Waals surface area contributed by atoms with Crippen LogP contribution in [-0.2, 0) is 6.54 Å². The number of nitrogens with zero attached hydrogens (tertiary/aromatic N) is 1. The fourth-order valence-corrected chi connectivity index (χ4v) is 1.45. The zero-order valence-corrected chi connectivity index (χ0v) is 10.0. The van der Waals surface area contributed by atoms with E-state index in [1.807, 2.05) is 25.1 Å². The van der Waals surface area contributed by atoms with Gasteiger partial charge in [0.1, 0.15) is 5.75 Å². The second kappa shape index (κ2) is 5.07. The molecule has 0 spiro atoms. The van der Waals surface area contributed by atoms with E-state index in [-0.39, 0.29) is 5.24 Å². The molecule has 0 heterocycles. The molecule has 0 saturated heterocycles.